The Kier molecular flexibility index (Phi) is 6.38. The fourth-order valence-corrected chi connectivity index (χ4v) is 11.3. The molecule has 2 aliphatic carbocycles. The van der Waals surface area contributed by atoms with Crippen LogP contribution in [0.2, 0.25) is 0 Å². The highest BCUT2D eigenvalue weighted by atomic mass is 32.1. The summed E-state index contributed by atoms with van der Waals surface area (Å²) in [7, 11) is 0. The molecule has 10 rings (SSSR count). The van der Waals surface area contributed by atoms with Gasteiger partial charge in [0.05, 0.1) is 0 Å². The normalized spacial score (nSPS) is 16.6. The van der Waals surface area contributed by atoms with E-state index >= 15 is 0 Å². The third-order valence-corrected chi connectivity index (χ3v) is 13.8. The van der Waals surface area contributed by atoms with Crippen LogP contribution < -0.4 is 0 Å². The van der Waals surface area contributed by atoms with Crippen LogP contribution in [0.1, 0.15) is 97.9 Å². The molecular weight excluding hydrogens is 641 g/mol. The summed E-state index contributed by atoms with van der Waals surface area (Å²) in [6, 6.07) is 47.1. The van der Waals surface area contributed by atoms with E-state index in [1.54, 1.807) is 0 Å². The molecule has 0 saturated heterocycles. The topological polar surface area (TPSA) is 0 Å². The lowest BCUT2D eigenvalue weighted by molar-refractivity contribution is 0.589. The maximum absolute atomic E-state index is 2.53. The quantitative estimate of drug-likeness (QED) is 0.170. The molecular formula is C48H40S2. The molecule has 0 fully saturated rings. The monoisotopic (exact) mass is 680 g/mol. The average Bonchev–Trinajstić information content (AvgIpc) is 3.82. The molecule has 0 nitrogen and oxygen atoms in total. The number of hydrogen-bond donors (Lipinski definition) is 0. The first kappa shape index (κ1) is 30.3. The van der Waals surface area contributed by atoms with E-state index < -0.39 is 0 Å². The second-order valence-corrected chi connectivity index (χ2v) is 18.6. The van der Waals surface area contributed by atoms with Crippen molar-refractivity contribution in [1.82, 2.24) is 0 Å². The number of rotatable bonds is 2. The highest BCUT2D eigenvalue weighted by molar-refractivity contribution is 7.23. The minimum absolute atomic E-state index is 0.126. The fourth-order valence-electron chi connectivity index (χ4n) is 8.71. The molecule has 2 atom stereocenters. The highest BCUT2D eigenvalue weighted by Crippen LogP contribution is 2.58. The third kappa shape index (κ3) is 4.41. The van der Waals surface area contributed by atoms with E-state index in [9.17, 15) is 0 Å². The second kappa shape index (κ2) is 10.5. The van der Waals surface area contributed by atoms with Crippen LogP contribution in [-0.2, 0) is 10.8 Å². The van der Waals surface area contributed by atoms with E-state index in [0.717, 1.165) is 0 Å². The molecule has 8 aromatic rings. The molecule has 0 aliphatic heterocycles. The zero-order valence-corrected chi connectivity index (χ0v) is 31.2. The van der Waals surface area contributed by atoms with Crippen LogP contribution in [0.25, 0.3) is 51.8 Å². The van der Waals surface area contributed by atoms with Gasteiger partial charge in [0.25, 0.3) is 0 Å². The third-order valence-electron chi connectivity index (χ3n) is 11.4. The maximum Gasteiger partial charge on any atom is 0.0400 e. The smallest absolute Gasteiger partial charge is 0.0400 e. The van der Waals surface area contributed by atoms with Gasteiger partial charge in [0.2, 0.25) is 0 Å². The van der Waals surface area contributed by atoms with E-state index in [-0.39, 0.29) is 22.7 Å². The van der Waals surface area contributed by atoms with E-state index in [1.165, 1.54) is 96.3 Å². The van der Waals surface area contributed by atoms with Crippen LogP contribution in [0.15, 0.2) is 121 Å². The Hall–Kier alpha value is -4.50. The van der Waals surface area contributed by atoms with Gasteiger partial charge in [-0.25, -0.2) is 0 Å². The first-order valence-electron chi connectivity index (χ1n) is 17.9. The molecule has 0 N–H and O–H groups in total. The lowest BCUT2D eigenvalue weighted by Crippen LogP contribution is -2.11. The number of thiophene rings is 2. The molecule has 2 unspecified atom stereocenters. The summed E-state index contributed by atoms with van der Waals surface area (Å²) in [5.41, 5.74) is 14.4. The van der Waals surface area contributed by atoms with Crippen molar-refractivity contribution in [3.05, 3.63) is 166 Å². The van der Waals surface area contributed by atoms with E-state index in [2.05, 4.69) is 163 Å². The predicted octanol–water partition coefficient (Wildman–Crippen LogP) is 14.2. The van der Waals surface area contributed by atoms with Crippen molar-refractivity contribution in [1.29, 1.82) is 0 Å². The van der Waals surface area contributed by atoms with Crippen molar-refractivity contribution in [3.63, 3.8) is 0 Å². The lowest BCUT2D eigenvalue weighted by atomic mass is 9.82. The SMILES string of the molecule is CC(C)(C)c1ccc(C2c3cc4cc5c(cc4cc3-c3sc4ccccc4c32)C(c2ccc(C(C)(C)C)cc2)c2c-5sc3ccccc23)cc1. The Morgan fingerprint density at radius 2 is 0.820 bits per heavy atom. The average molecular weight is 681 g/mol. The molecule has 2 aromatic heterocycles. The molecule has 0 radical (unpaired) electrons. The summed E-state index contributed by atoms with van der Waals surface area (Å²) in [5.74, 6) is 0.438. The summed E-state index contributed by atoms with van der Waals surface area (Å²) < 4.78 is 2.76. The Morgan fingerprint density at radius 1 is 0.440 bits per heavy atom. The molecule has 0 spiro atoms. The minimum atomic E-state index is 0.126. The predicted molar refractivity (Wildman–Crippen MR) is 218 cm³/mol. The van der Waals surface area contributed by atoms with Gasteiger partial charge in [-0.3, -0.25) is 0 Å². The summed E-state index contributed by atoms with van der Waals surface area (Å²) in [6.45, 7) is 13.8. The van der Waals surface area contributed by atoms with Gasteiger partial charge in [0, 0.05) is 31.0 Å². The van der Waals surface area contributed by atoms with Gasteiger partial charge in [-0.15, -0.1) is 22.7 Å². The minimum Gasteiger partial charge on any atom is -0.135 e. The zero-order chi connectivity index (χ0) is 34.1. The Labute approximate surface area is 303 Å². The summed E-state index contributed by atoms with van der Waals surface area (Å²) in [6.07, 6.45) is 0. The summed E-state index contributed by atoms with van der Waals surface area (Å²) >= 11 is 3.93. The van der Waals surface area contributed by atoms with Gasteiger partial charge in [0.1, 0.15) is 0 Å². The molecule has 244 valence electrons. The molecule has 0 bridgehead atoms. The van der Waals surface area contributed by atoms with Crippen LogP contribution in [-0.4, -0.2) is 0 Å². The Balaban J connectivity index is 1.20. The molecule has 50 heavy (non-hydrogen) atoms. The van der Waals surface area contributed by atoms with Gasteiger partial charge in [-0.1, -0.05) is 126 Å². The van der Waals surface area contributed by atoms with Gasteiger partial charge in [-0.2, -0.15) is 0 Å². The molecule has 2 heteroatoms. The number of hydrogen-bond acceptors (Lipinski definition) is 2. The van der Waals surface area contributed by atoms with Crippen molar-refractivity contribution in [2.45, 2.75) is 64.2 Å². The van der Waals surface area contributed by atoms with Crippen molar-refractivity contribution in [3.8, 4) is 20.9 Å². The summed E-state index contributed by atoms with van der Waals surface area (Å²) in [5, 5.41) is 5.47. The van der Waals surface area contributed by atoms with Crippen LogP contribution >= 0.6 is 22.7 Å². The van der Waals surface area contributed by atoms with Crippen LogP contribution in [0, 0.1) is 0 Å². The number of fused-ring (bicyclic) bond motifs is 11. The van der Waals surface area contributed by atoms with E-state index in [1.807, 2.05) is 22.7 Å². The molecule has 2 heterocycles. The van der Waals surface area contributed by atoms with Gasteiger partial charge in [0.15, 0.2) is 0 Å². The number of benzene rings is 6. The largest absolute Gasteiger partial charge is 0.135 e. The molecule has 0 saturated carbocycles. The Bertz CT molecular complexity index is 2460. The highest BCUT2D eigenvalue weighted by Gasteiger charge is 2.37. The van der Waals surface area contributed by atoms with Crippen LogP contribution in [0.4, 0.5) is 0 Å². The molecule has 0 amide bonds. The first-order chi connectivity index (χ1) is 24.0. The van der Waals surface area contributed by atoms with Gasteiger partial charge in [-0.05, 0) is 124 Å². The van der Waals surface area contributed by atoms with Gasteiger partial charge < -0.3 is 0 Å². The van der Waals surface area contributed by atoms with Crippen molar-refractivity contribution in [2.24, 2.45) is 0 Å². The van der Waals surface area contributed by atoms with Crippen LogP contribution in [0.5, 0.6) is 0 Å². The van der Waals surface area contributed by atoms with Crippen molar-refractivity contribution < 1.29 is 0 Å². The first-order valence-corrected chi connectivity index (χ1v) is 19.5. The summed E-state index contributed by atoms with van der Waals surface area (Å²) in [4.78, 5) is 2.88. The zero-order valence-electron chi connectivity index (χ0n) is 29.5. The molecule has 2 aliphatic rings. The van der Waals surface area contributed by atoms with Crippen molar-refractivity contribution >= 4 is 53.6 Å². The maximum atomic E-state index is 2.53. The Morgan fingerprint density at radius 3 is 1.20 bits per heavy atom. The lowest BCUT2D eigenvalue weighted by Gasteiger charge is -2.22. The van der Waals surface area contributed by atoms with Crippen molar-refractivity contribution in [2.75, 3.05) is 0 Å². The standard InChI is InChI=1S/C48H40S2/c1-47(2,3)31-19-15-27(16-20-31)41-35-23-29-26-38-36(24-30(29)25-37(35)45-43(41)33-11-7-9-13-39(33)49-45)42(28-17-21-32(22-18-28)48(4,5)6)44-34-12-8-10-14-40(34)50-46(38)44/h7-26,41-42H,1-6H3. The molecule has 6 aromatic carbocycles. The van der Waals surface area contributed by atoms with E-state index in [0.29, 0.717) is 0 Å². The fraction of sp³-hybridized carbons (Fsp3) is 0.208. The van der Waals surface area contributed by atoms with Gasteiger partial charge >= 0.3 is 0 Å². The van der Waals surface area contributed by atoms with Crippen LogP contribution in [0.3, 0.4) is 0 Å². The van der Waals surface area contributed by atoms with E-state index in [4.69, 9.17) is 0 Å². The second-order valence-electron chi connectivity index (χ2n) is 16.5.